The zero-order valence-electron chi connectivity index (χ0n) is 20.6. The molecular formula is C29H32N4O2. The predicted molar refractivity (Wildman–Crippen MR) is 138 cm³/mol. The van der Waals surface area contributed by atoms with Gasteiger partial charge in [-0.15, -0.1) is 0 Å². The normalized spacial score (nSPS) is 14.8. The Labute approximate surface area is 206 Å². The van der Waals surface area contributed by atoms with Crippen LogP contribution in [0.4, 0.5) is 0 Å². The number of amides is 1. The van der Waals surface area contributed by atoms with Gasteiger partial charge in [0, 0.05) is 31.7 Å². The molecule has 0 unspecified atom stereocenters. The highest BCUT2D eigenvalue weighted by atomic mass is 16.3. The highest BCUT2D eigenvalue weighted by molar-refractivity contribution is 5.94. The number of benzene rings is 2. The molecule has 1 fully saturated rings. The molecule has 0 saturated carbocycles. The summed E-state index contributed by atoms with van der Waals surface area (Å²) in [4.78, 5) is 15.9. The van der Waals surface area contributed by atoms with E-state index in [0.717, 1.165) is 49.5 Å². The molecule has 1 aliphatic heterocycles. The van der Waals surface area contributed by atoms with Crippen LogP contribution in [0.3, 0.4) is 0 Å². The number of hydrogen-bond acceptors (Lipinski definition) is 4. The number of rotatable bonds is 6. The van der Waals surface area contributed by atoms with E-state index in [1.165, 1.54) is 11.1 Å². The Kier molecular flexibility index (Phi) is 6.55. The summed E-state index contributed by atoms with van der Waals surface area (Å²) < 4.78 is 7.55. The number of nitrogens with one attached hydrogen (secondary N) is 1. The molecule has 1 amide bonds. The number of likely N-dealkylation sites (tertiary alicyclic amines) is 1. The molecule has 6 heteroatoms. The number of hydrogen-bond donors (Lipinski definition) is 1. The van der Waals surface area contributed by atoms with E-state index >= 15 is 0 Å². The number of piperidine rings is 1. The fourth-order valence-electron chi connectivity index (χ4n) is 4.80. The zero-order chi connectivity index (χ0) is 24.4. The molecule has 0 radical (unpaired) electrons. The van der Waals surface area contributed by atoms with E-state index in [4.69, 9.17) is 9.52 Å². The lowest BCUT2D eigenvalue weighted by molar-refractivity contribution is 0.0901. The van der Waals surface area contributed by atoms with Crippen LogP contribution >= 0.6 is 0 Å². The van der Waals surface area contributed by atoms with Gasteiger partial charge in [-0.1, -0.05) is 48.0 Å². The minimum atomic E-state index is -0.103. The fourth-order valence-corrected chi connectivity index (χ4v) is 4.80. The third-order valence-electron chi connectivity index (χ3n) is 6.69. The van der Waals surface area contributed by atoms with Crippen LogP contribution in [0.5, 0.6) is 0 Å². The summed E-state index contributed by atoms with van der Waals surface area (Å²) in [5, 5.41) is 8.05. The monoisotopic (exact) mass is 468 g/mol. The zero-order valence-corrected chi connectivity index (χ0v) is 20.6. The van der Waals surface area contributed by atoms with Crippen LogP contribution in [-0.2, 0) is 6.54 Å². The number of carbonyl (C=O) groups is 1. The van der Waals surface area contributed by atoms with Crippen molar-refractivity contribution in [3.63, 3.8) is 0 Å². The maximum absolute atomic E-state index is 13.5. The van der Waals surface area contributed by atoms with E-state index in [0.29, 0.717) is 17.1 Å². The van der Waals surface area contributed by atoms with Crippen molar-refractivity contribution in [2.75, 3.05) is 13.1 Å². The van der Waals surface area contributed by atoms with Crippen molar-refractivity contribution in [3.8, 4) is 17.1 Å². The van der Waals surface area contributed by atoms with E-state index in [9.17, 15) is 4.79 Å². The third kappa shape index (κ3) is 5.23. The summed E-state index contributed by atoms with van der Waals surface area (Å²) >= 11 is 0. The quantitative estimate of drug-likeness (QED) is 0.409. The van der Waals surface area contributed by atoms with Crippen LogP contribution in [0, 0.1) is 20.8 Å². The number of furan rings is 1. The molecule has 3 heterocycles. The van der Waals surface area contributed by atoms with Crippen molar-refractivity contribution >= 4 is 5.91 Å². The predicted octanol–water partition coefficient (Wildman–Crippen LogP) is 5.45. The first kappa shape index (κ1) is 23.1. The molecule has 35 heavy (non-hydrogen) atoms. The van der Waals surface area contributed by atoms with E-state index < -0.39 is 0 Å². The standard InChI is InChI=1S/C29H32N4O2/c1-20-9-11-26(21(2)17-20)33-27(18-25(31-33)28-12-10-22(3)35-28)29(34)30-24-13-15-32(16-14-24)19-23-7-5-4-6-8-23/h4-12,17-18,24H,13-16,19H2,1-3H3,(H,30,34). The summed E-state index contributed by atoms with van der Waals surface area (Å²) in [5.74, 6) is 1.37. The molecule has 2 aromatic heterocycles. The Hall–Kier alpha value is -3.64. The molecule has 0 aliphatic carbocycles. The van der Waals surface area contributed by atoms with Crippen LogP contribution in [0.2, 0.25) is 0 Å². The van der Waals surface area contributed by atoms with Gasteiger partial charge in [0.15, 0.2) is 5.76 Å². The van der Waals surface area contributed by atoms with Crippen LogP contribution in [0.25, 0.3) is 17.1 Å². The molecule has 1 saturated heterocycles. The Balaban J connectivity index is 1.34. The second-order valence-corrected chi connectivity index (χ2v) is 9.54. The lowest BCUT2D eigenvalue weighted by Gasteiger charge is -2.32. The van der Waals surface area contributed by atoms with Crippen molar-refractivity contribution < 1.29 is 9.21 Å². The van der Waals surface area contributed by atoms with Crippen molar-refractivity contribution in [2.45, 2.75) is 46.2 Å². The first-order chi connectivity index (χ1) is 17.0. The van der Waals surface area contributed by atoms with Crippen LogP contribution in [-0.4, -0.2) is 39.7 Å². The van der Waals surface area contributed by atoms with Crippen molar-refractivity contribution in [1.29, 1.82) is 0 Å². The van der Waals surface area contributed by atoms with Gasteiger partial charge in [0.2, 0.25) is 0 Å². The molecule has 0 spiro atoms. The SMILES string of the molecule is Cc1ccc(-n2nc(-c3ccc(C)o3)cc2C(=O)NC2CCN(Cc3ccccc3)CC2)c(C)c1. The van der Waals surface area contributed by atoms with E-state index in [1.807, 2.05) is 50.2 Å². The van der Waals surface area contributed by atoms with Gasteiger partial charge in [0.1, 0.15) is 17.1 Å². The topological polar surface area (TPSA) is 63.3 Å². The first-order valence-corrected chi connectivity index (χ1v) is 12.3. The van der Waals surface area contributed by atoms with E-state index in [1.54, 1.807) is 4.68 Å². The number of carbonyl (C=O) groups excluding carboxylic acids is 1. The molecule has 0 atom stereocenters. The van der Waals surface area contributed by atoms with Crippen LogP contribution in [0.15, 0.2) is 71.1 Å². The van der Waals surface area contributed by atoms with Gasteiger partial charge in [-0.05, 0) is 62.9 Å². The van der Waals surface area contributed by atoms with Crippen molar-refractivity contribution in [3.05, 3.63) is 94.9 Å². The fraction of sp³-hybridized carbons (Fsp3) is 0.310. The van der Waals surface area contributed by atoms with Gasteiger partial charge in [0.25, 0.3) is 5.91 Å². The molecule has 0 bridgehead atoms. The minimum absolute atomic E-state index is 0.103. The second kappa shape index (κ2) is 9.92. The molecule has 5 rings (SSSR count). The molecule has 4 aromatic rings. The Morgan fingerprint density at radius 3 is 2.46 bits per heavy atom. The summed E-state index contributed by atoms with van der Waals surface area (Å²) in [7, 11) is 0. The van der Waals surface area contributed by atoms with Gasteiger partial charge < -0.3 is 9.73 Å². The van der Waals surface area contributed by atoms with Gasteiger partial charge >= 0.3 is 0 Å². The highest BCUT2D eigenvalue weighted by Crippen LogP contribution is 2.26. The molecule has 1 aliphatic rings. The van der Waals surface area contributed by atoms with Gasteiger partial charge in [-0.2, -0.15) is 5.10 Å². The molecular weight excluding hydrogens is 436 g/mol. The first-order valence-electron chi connectivity index (χ1n) is 12.3. The maximum Gasteiger partial charge on any atom is 0.270 e. The summed E-state index contributed by atoms with van der Waals surface area (Å²) in [6, 6.07) is 22.5. The second-order valence-electron chi connectivity index (χ2n) is 9.54. The summed E-state index contributed by atoms with van der Waals surface area (Å²) in [6.07, 6.45) is 1.86. The number of aromatic nitrogens is 2. The maximum atomic E-state index is 13.5. The molecule has 180 valence electrons. The van der Waals surface area contributed by atoms with Crippen molar-refractivity contribution in [2.24, 2.45) is 0 Å². The Morgan fingerprint density at radius 1 is 1.00 bits per heavy atom. The third-order valence-corrected chi connectivity index (χ3v) is 6.69. The van der Waals surface area contributed by atoms with Gasteiger partial charge in [0.05, 0.1) is 5.69 Å². The van der Waals surface area contributed by atoms with Crippen LogP contribution < -0.4 is 5.32 Å². The van der Waals surface area contributed by atoms with Gasteiger partial charge in [-0.25, -0.2) is 4.68 Å². The molecule has 2 aromatic carbocycles. The van der Waals surface area contributed by atoms with Crippen LogP contribution in [0.1, 0.15) is 45.8 Å². The van der Waals surface area contributed by atoms with Crippen molar-refractivity contribution in [1.82, 2.24) is 20.0 Å². The highest BCUT2D eigenvalue weighted by Gasteiger charge is 2.25. The van der Waals surface area contributed by atoms with Gasteiger partial charge in [-0.3, -0.25) is 9.69 Å². The summed E-state index contributed by atoms with van der Waals surface area (Å²) in [5.41, 5.74) is 5.64. The van der Waals surface area contributed by atoms with E-state index in [2.05, 4.69) is 47.5 Å². The number of aryl methyl sites for hydroxylation is 3. The lowest BCUT2D eigenvalue weighted by Crippen LogP contribution is -2.44. The Morgan fingerprint density at radius 2 is 1.77 bits per heavy atom. The summed E-state index contributed by atoms with van der Waals surface area (Å²) in [6.45, 7) is 8.90. The Bertz CT molecular complexity index is 1310. The molecule has 1 N–H and O–H groups in total. The minimum Gasteiger partial charge on any atom is -0.460 e. The smallest absolute Gasteiger partial charge is 0.270 e. The largest absolute Gasteiger partial charge is 0.460 e. The number of nitrogens with zero attached hydrogens (tertiary/aromatic N) is 3. The average molecular weight is 469 g/mol. The lowest BCUT2D eigenvalue weighted by atomic mass is 10.0. The molecule has 6 nitrogen and oxygen atoms in total. The average Bonchev–Trinajstić information content (AvgIpc) is 3.48. The van der Waals surface area contributed by atoms with E-state index in [-0.39, 0.29) is 11.9 Å².